The SMILES string of the molecule is CCC1=CC(C(F)(F)F)=C(c2cc(C)c3[nH]ncc3c2)N2NC(CC)N=C12. The molecule has 0 radical (unpaired) electrons. The molecule has 0 amide bonds. The summed E-state index contributed by atoms with van der Waals surface area (Å²) in [5.41, 5.74) is 5.27. The maximum absolute atomic E-state index is 14.0. The van der Waals surface area contributed by atoms with Crippen molar-refractivity contribution < 1.29 is 13.2 Å². The standard InChI is InChI=1S/C19H20F3N5/c1-4-11-8-14(19(20,21)22)17(27-18(11)24-15(5-2)26-27)12-6-10(3)16-13(7-12)9-23-25-16/h6-9,15,26H,4-5H2,1-3H3,(H,23,25). The fourth-order valence-corrected chi connectivity index (χ4v) is 3.58. The molecule has 27 heavy (non-hydrogen) atoms. The van der Waals surface area contributed by atoms with E-state index in [1.807, 2.05) is 20.8 Å². The highest BCUT2D eigenvalue weighted by molar-refractivity contribution is 6.07. The number of aliphatic imine (C=N–C) groups is 1. The van der Waals surface area contributed by atoms with E-state index in [9.17, 15) is 13.2 Å². The number of H-pyrrole nitrogens is 1. The summed E-state index contributed by atoms with van der Waals surface area (Å²) in [6.45, 7) is 5.65. The summed E-state index contributed by atoms with van der Waals surface area (Å²) in [6, 6.07) is 3.49. The fraction of sp³-hybridized carbons (Fsp3) is 0.368. The lowest BCUT2D eigenvalue weighted by atomic mass is 9.95. The van der Waals surface area contributed by atoms with Crippen molar-refractivity contribution in [2.24, 2.45) is 4.99 Å². The molecule has 1 atom stereocenters. The number of amidine groups is 1. The van der Waals surface area contributed by atoms with Gasteiger partial charge >= 0.3 is 6.18 Å². The number of alkyl halides is 3. The number of fused-ring (bicyclic) bond motifs is 2. The van der Waals surface area contributed by atoms with Crippen LogP contribution in [-0.2, 0) is 0 Å². The summed E-state index contributed by atoms with van der Waals surface area (Å²) >= 11 is 0. The minimum absolute atomic E-state index is 0.0839. The maximum Gasteiger partial charge on any atom is 0.418 e. The number of rotatable bonds is 3. The number of nitrogens with one attached hydrogen (secondary N) is 2. The highest BCUT2D eigenvalue weighted by Crippen LogP contribution is 2.41. The molecule has 3 heterocycles. The lowest BCUT2D eigenvalue weighted by molar-refractivity contribution is -0.0884. The van der Waals surface area contributed by atoms with Crippen molar-refractivity contribution in [1.82, 2.24) is 20.6 Å². The van der Waals surface area contributed by atoms with Crippen LogP contribution in [-0.4, -0.2) is 33.4 Å². The van der Waals surface area contributed by atoms with Crippen molar-refractivity contribution in [2.75, 3.05) is 0 Å². The molecule has 8 heteroatoms. The average Bonchev–Trinajstić information content (AvgIpc) is 3.26. The molecule has 0 saturated heterocycles. The van der Waals surface area contributed by atoms with Crippen molar-refractivity contribution in [2.45, 2.75) is 46.0 Å². The zero-order valence-corrected chi connectivity index (χ0v) is 15.3. The van der Waals surface area contributed by atoms with Gasteiger partial charge in [-0.15, -0.1) is 0 Å². The minimum Gasteiger partial charge on any atom is -0.278 e. The third-order valence-electron chi connectivity index (χ3n) is 4.95. The minimum atomic E-state index is -4.48. The largest absolute Gasteiger partial charge is 0.418 e. The monoisotopic (exact) mass is 375 g/mol. The molecular formula is C19H20F3N5. The first-order chi connectivity index (χ1) is 12.8. The Morgan fingerprint density at radius 3 is 2.67 bits per heavy atom. The van der Waals surface area contributed by atoms with Crippen molar-refractivity contribution in [1.29, 1.82) is 0 Å². The Morgan fingerprint density at radius 2 is 2.00 bits per heavy atom. The van der Waals surface area contributed by atoms with Gasteiger partial charge in [0, 0.05) is 10.9 Å². The third kappa shape index (κ3) is 2.84. The second kappa shape index (κ2) is 6.23. The topological polar surface area (TPSA) is 56.3 Å². The number of hydrazine groups is 1. The Kier molecular flexibility index (Phi) is 4.10. The van der Waals surface area contributed by atoms with E-state index in [4.69, 9.17) is 0 Å². The first kappa shape index (κ1) is 17.8. The van der Waals surface area contributed by atoms with Gasteiger partial charge < -0.3 is 0 Å². The summed E-state index contributed by atoms with van der Waals surface area (Å²) < 4.78 is 41.9. The van der Waals surface area contributed by atoms with Crippen LogP contribution in [0.2, 0.25) is 0 Å². The van der Waals surface area contributed by atoms with Gasteiger partial charge in [-0.2, -0.15) is 18.3 Å². The highest BCUT2D eigenvalue weighted by Gasteiger charge is 2.43. The van der Waals surface area contributed by atoms with E-state index in [1.54, 1.807) is 18.3 Å². The lowest BCUT2D eigenvalue weighted by Crippen LogP contribution is -2.42. The first-order valence-electron chi connectivity index (χ1n) is 8.94. The molecule has 0 aliphatic carbocycles. The molecule has 2 aromatic rings. The molecule has 1 aromatic heterocycles. The number of nitrogens with zero attached hydrogens (tertiary/aromatic N) is 3. The summed E-state index contributed by atoms with van der Waals surface area (Å²) in [6.07, 6.45) is -0.703. The van der Waals surface area contributed by atoms with Crippen molar-refractivity contribution in [3.05, 3.63) is 46.7 Å². The van der Waals surface area contributed by atoms with E-state index < -0.39 is 11.7 Å². The van der Waals surface area contributed by atoms with E-state index in [1.165, 1.54) is 11.1 Å². The summed E-state index contributed by atoms with van der Waals surface area (Å²) in [7, 11) is 0. The summed E-state index contributed by atoms with van der Waals surface area (Å²) in [5.74, 6) is 0.567. The number of aryl methyl sites for hydroxylation is 1. The number of aromatic nitrogens is 2. The average molecular weight is 375 g/mol. The van der Waals surface area contributed by atoms with Crippen LogP contribution in [0.1, 0.15) is 37.8 Å². The highest BCUT2D eigenvalue weighted by atomic mass is 19.4. The normalized spacial score (nSPS) is 20.2. The number of halogens is 3. The van der Waals surface area contributed by atoms with Gasteiger partial charge in [-0.25, -0.2) is 10.4 Å². The van der Waals surface area contributed by atoms with Crippen LogP contribution in [0.4, 0.5) is 13.2 Å². The quantitative estimate of drug-likeness (QED) is 0.833. The van der Waals surface area contributed by atoms with Gasteiger partial charge in [-0.3, -0.25) is 10.1 Å². The van der Waals surface area contributed by atoms with Gasteiger partial charge in [0.2, 0.25) is 0 Å². The van der Waals surface area contributed by atoms with Crippen molar-refractivity contribution >= 4 is 22.4 Å². The predicted molar refractivity (Wildman–Crippen MR) is 98.7 cm³/mol. The molecule has 0 bridgehead atoms. The van der Waals surface area contributed by atoms with Gasteiger partial charge in [0.25, 0.3) is 0 Å². The Labute approximate surface area is 154 Å². The Morgan fingerprint density at radius 1 is 1.22 bits per heavy atom. The Bertz CT molecular complexity index is 996. The van der Waals surface area contributed by atoms with Crippen LogP contribution in [0.3, 0.4) is 0 Å². The second-order valence-corrected chi connectivity index (χ2v) is 6.75. The zero-order valence-electron chi connectivity index (χ0n) is 15.3. The van der Waals surface area contributed by atoms with Crippen molar-refractivity contribution in [3.63, 3.8) is 0 Å². The first-order valence-corrected chi connectivity index (χ1v) is 8.94. The van der Waals surface area contributed by atoms with Crippen LogP contribution in [0.15, 0.2) is 40.5 Å². The van der Waals surface area contributed by atoms with Crippen LogP contribution < -0.4 is 5.43 Å². The van der Waals surface area contributed by atoms with E-state index in [0.29, 0.717) is 29.8 Å². The molecule has 0 spiro atoms. The number of hydrogen-bond acceptors (Lipinski definition) is 4. The van der Waals surface area contributed by atoms with Crippen LogP contribution in [0.5, 0.6) is 0 Å². The molecule has 0 fully saturated rings. The van der Waals surface area contributed by atoms with Crippen LogP contribution in [0, 0.1) is 6.92 Å². The van der Waals surface area contributed by atoms with Gasteiger partial charge in [0.05, 0.1) is 23.0 Å². The van der Waals surface area contributed by atoms with Crippen LogP contribution in [0.25, 0.3) is 16.6 Å². The molecular weight excluding hydrogens is 355 g/mol. The molecule has 2 aliphatic heterocycles. The summed E-state index contributed by atoms with van der Waals surface area (Å²) in [4.78, 5) is 4.59. The molecule has 4 rings (SSSR count). The molecule has 2 aliphatic rings. The van der Waals surface area contributed by atoms with E-state index >= 15 is 0 Å². The second-order valence-electron chi connectivity index (χ2n) is 6.75. The number of hydrogen-bond donors (Lipinski definition) is 2. The van der Waals surface area contributed by atoms with Gasteiger partial charge in [0.15, 0.2) is 0 Å². The zero-order chi connectivity index (χ0) is 19.3. The maximum atomic E-state index is 14.0. The Hall–Kier alpha value is -2.61. The van der Waals surface area contributed by atoms with Gasteiger partial charge in [-0.1, -0.05) is 13.8 Å². The van der Waals surface area contributed by atoms with Gasteiger partial charge in [-0.05, 0) is 49.1 Å². The Balaban J connectivity index is 1.98. The van der Waals surface area contributed by atoms with Crippen molar-refractivity contribution in [3.8, 4) is 0 Å². The molecule has 1 unspecified atom stereocenters. The van der Waals surface area contributed by atoms with E-state index in [-0.39, 0.29) is 11.9 Å². The predicted octanol–water partition coefficient (Wildman–Crippen LogP) is 4.45. The van der Waals surface area contributed by atoms with Gasteiger partial charge in [0.1, 0.15) is 12.0 Å². The molecule has 0 saturated carbocycles. The molecule has 5 nitrogen and oxygen atoms in total. The molecule has 2 N–H and O–H groups in total. The molecule has 142 valence electrons. The number of aromatic amines is 1. The number of allylic oxidation sites excluding steroid dienone is 2. The molecule has 1 aromatic carbocycles. The van der Waals surface area contributed by atoms with E-state index in [2.05, 4.69) is 20.6 Å². The lowest BCUT2D eigenvalue weighted by Gasteiger charge is -2.32. The fourth-order valence-electron chi connectivity index (χ4n) is 3.58. The smallest absolute Gasteiger partial charge is 0.278 e. The van der Waals surface area contributed by atoms with Crippen LogP contribution >= 0.6 is 0 Å². The number of benzene rings is 1. The summed E-state index contributed by atoms with van der Waals surface area (Å²) in [5, 5.41) is 9.17. The third-order valence-corrected chi connectivity index (χ3v) is 4.95. The van der Waals surface area contributed by atoms with E-state index in [0.717, 1.165) is 16.5 Å².